The van der Waals surface area contributed by atoms with Crippen molar-refractivity contribution >= 4 is 0 Å². The van der Waals surface area contributed by atoms with Crippen LogP contribution in [0.2, 0.25) is 0 Å². The van der Waals surface area contributed by atoms with Crippen LogP contribution in [0.4, 0.5) is 0 Å². The van der Waals surface area contributed by atoms with E-state index in [1.807, 2.05) is 0 Å². The van der Waals surface area contributed by atoms with Gasteiger partial charge in [0.1, 0.15) is 5.75 Å². The number of hydrogen-bond donors (Lipinski definition) is 1. The molecule has 21 heavy (non-hydrogen) atoms. The second-order valence-electron chi connectivity index (χ2n) is 5.71. The Hall–Kier alpha value is -1.06. The van der Waals surface area contributed by atoms with Crippen molar-refractivity contribution in [2.75, 3.05) is 32.8 Å². The molecule has 1 aliphatic heterocycles. The Morgan fingerprint density at radius 1 is 1.24 bits per heavy atom. The van der Waals surface area contributed by atoms with Crippen molar-refractivity contribution < 1.29 is 4.74 Å². The number of nitrogens with one attached hydrogen (secondary N) is 1. The van der Waals surface area contributed by atoms with Crippen molar-refractivity contribution in [3.8, 4) is 5.75 Å². The van der Waals surface area contributed by atoms with Crippen LogP contribution < -0.4 is 10.1 Å². The maximum absolute atomic E-state index is 5.91. The first-order valence-corrected chi connectivity index (χ1v) is 8.50. The molecule has 0 aromatic heterocycles. The average molecular weight is 290 g/mol. The molecule has 3 nitrogen and oxygen atoms in total. The highest BCUT2D eigenvalue weighted by Crippen LogP contribution is 2.35. The van der Waals surface area contributed by atoms with E-state index in [1.54, 1.807) is 0 Å². The van der Waals surface area contributed by atoms with Gasteiger partial charge in [0.05, 0.1) is 6.61 Å². The lowest BCUT2D eigenvalue weighted by Gasteiger charge is -2.28. The summed E-state index contributed by atoms with van der Waals surface area (Å²) < 4.78 is 5.91. The molecule has 0 spiro atoms. The Bertz CT molecular complexity index is 429. The third-order valence-corrected chi connectivity index (χ3v) is 4.47. The topological polar surface area (TPSA) is 24.5 Å². The first-order valence-electron chi connectivity index (χ1n) is 8.50. The first-order chi connectivity index (χ1) is 10.3. The van der Waals surface area contributed by atoms with E-state index in [9.17, 15) is 0 Å². The highest BCUT2D eigenvalue weighted by atomic mass is 16.5. The van der Waals surface area contributed by atoms with Crippen molar-refractivity contribution in [2.45, 2.75) is 46.1 Å². The predicted octanol–water partition coefficient (Wildman–Crippen LogP) is 3.39. The van der Waals surface area contributed by atoms with Gasteiger partial charge in [0.2, 0.25) is 0 Å². The van der Waals surface area contributed by atoms with Crippen LogP contribution in [0.3, 0.4) is 0 Å². The zero-order chi connectivity index (χ0) is 15.1. The fraction of sp³-hybridized carbons (Fsp3) is 0.667. The maximum atomic E-state index is 5.91. The van der Waals surface area contributed by atoms with Crippen molar-refractivity contribution in [3.05, 3.63) is 29.3 Å². The number of fused-ring (bicyclic) bond motifs is 1. The molecule has 1 aromatic carbocycles. The van der Waals surface area contributed by atoms with Gasteiger partial charge < -0.3 is 15.0 Å². The van der Waals surface area contributed by atoms with Crippen molar-refractivity contribution in [1.82, 2.24) is 10.2 Å². The maximum Gasteiger partial charge on any atom is 0.127 e. The summed E-state index contributed by atoms with van der Waals surface area (Å²) in [5.41, 5.74) is 2.69. The molecule has 2 rings (SSSR count). The van der Waals surface area contributed by atoms with Crippen LogP contribution >= 0.6 is 0 Å². The predicted molar refractivity (Wildman–Crippen MR) is 89.1 cm³/mol. The molecule has 1 atom stereocenters. The van der Waals surface area contributed by atoms with Crippen LogP contribution in [-0.2, 0) is 6.42 Å². The molecule has 1 aliphatic rings. The summed E-state index contributed by atoms with van der Waals surface area (Å²) >= 11 is 0. The summed E-state index contributed by atoms with van der Waals surface area (Å²) in [7, 11) is 0. The Labute approximate surface area is 129 Å². The molecule has 0 amide bonds. The number of benzene rings is 1. The molecule has 1 unspecified atom stereocenters. The third-order valence-electron chi connectivity index (χ3n) is 4.47. The highest BCUT2D eigenvalue weighted by Gasteiger charge is 2.22. The van der Waals surface area contributed by atoms with Gasteiger partial charge in [-0.3, -0.25) is 0 Å². The summed E-state index contributed by atoms with van der Waals surface area (Å²) in [4.78, 5) is 2.48. The second-order valence-corrected chi connectivity index (χ2v) is 5.71. The second kappa shape index (κ2) is 8.40. The molecular weight excluding hydrogens is 260 g/mol. The summed E-state index contributed by atoms with van der Waals surface area (Å²) in [6.45, 7) is 12.1. The van der Waals surface area contributed by atoms with Gasteiger partial charge in [-0.2, -0.15) is 0 Å². The number of para-hydroxylation sites is 1. The lowest BCUT2D eigenvalue weighted by atomic mass is 9.96. The van der Waals surface area contributed by atoms with Gasteiger partial charge in [0, 0.05) is 18.0 Å². The number of hydrogen-bond acceptors (Lipinski definition) is 3. The first kappa shape index (κ1) is 16.3. The van der Waals surface area contributed by atoms with Crippen molar-refractivity contribution in [3.63, 3.8) is 0 Å². The van der Waals surface area contributed by atoms with E-state index in [0.717, 1.165) is 44.8 Å². The van der Waals surface area contributed by atoms with E-state index in [-0.39, 0.29) is 0 Å². The van der Waals surface area contributed by atoms with Crippen molar-refractivity contribution in [2.24, 2.45) is 0 Å². The van der Waals surface area contributed by atoms with Crippen LogP contribution in [-0.4, -0.2) is 37.7 Å². The molecule has 0 saturated heterocycles. The smallest absolute Gasteiger partial charge is 0.127 e. The van der Waals surface area contributed by atoms with E-state index in [1.165, 1.54) is 24.1 Å². The lowest BCUT2D eigenvalue weighted by molar-refractivity contribution is 0.246. The minimum Gasteiger partial charge on any atom is -0.493 e. The standard InChI is InChI=1S/C18H30N2O/c1-4-15-9-7-10-16-17(11-14-21-18(15)16)19-12-8-13-20(5-2)6-3/h7,9-10,17,19H,4-6,8,11-14H2,1-3H3. The van der Waals surface area contributed by atoms with Crippen LogP contribution in [0.25, 0.3) is 0 Å². The fourth-order valence-electron chi connectivity index (χ4n) is 3.10. The van der Waals surface area contributed by atoms with Gasteiger partial charge in [-0.15, -0.1) is 0 Å². The van der Waals surface area contributed by atoms with Gasteiger partial charge in [0.25, 0.3) is 0 Å². The number of ether oxygens (including phenoxy) is 1. The third kappa shape index (κ3) is 4.21. The van der Waals surface area contributed by atoms with Gasteiger partial charge in [-0.05, 0) is 44.6 Å². The molecule has 1 heterocycles. The van der Waals surface area contributed by atoms with E-state index in [4.69, 9.17) is 4.74 Å². The monoisotopic (exact) mass is 290 g/mol. The van der Waals surface area contributed by atoms with E-state index >= 15 is 0 Å². The van der Waals surface area contributed by atoms with Crippen LogP contribution in [0, 0.1) is 0 Å². The largest absolute Gasteiger partial charge is 0.493 e. The molecule has 1 N–H and O–H groups in total. The van der Waals surface area contributed by atoms with E-state index in [0.29, 0.717) is 6.04 Å². The highest BCUT2D eigenvalue weighted by molar-refractivity contribution is 5.44. The molecule has 0 fully saturated rings. The normalized spacial score (nSPS) is 17.6. The number of nitrogens with zero attached hydrogens (tertiary/aromatic N) is 1. The number of aryl methyl sites for hydroxylation is 1. The summed E-state index contributed by atoms with van der Waals surface area (Å²) in [5, 5.41) is 3.73. The average Bonchev–Trinajstić information content (AvgIpc) is 2.54. The zero-order valence-corrected chi connectivity index (χ0v) is 13.8. The Morgan fingerprint density at radius 3 is 2.76 bits per heavy atom. The van der Waals surface area contributed by atoms with Gasteiger partial charge in [0.15, 0.2) is 0 Å². The van der Waals surface area contributed by atoms with Crippen LogP contribution in [0.15, 0.2) is 18.2 Å². The summed E-state index contributed by atoms with van der Waals surface area (Å²) in [5.74, 6) is 1.13. The molecule has 1 aromatic rings. The van der Waals surface area contributed by atoms with E-state index < -0.39 is 0 Å². The molecule has 0 saturated carbocycles. The molecule has 0 bridgehead atoms. The summed E-state index contributed by atoms with van der Waals surface area (Å²) in [6.07, 6.45) is 3.32. The molecule has 0 radical (unpaired) electrons. The molecule has 118 valence electrons. The molecule has 0 aliphatic carbocycles. The fourth-order valence-corrected chi connectivity index (χ4v) is 3.10. The van der Waals surface area contributed by atoms with Gasteiger partial charge in [-0.1, -0.05) is 39.0 Å². The van der Waals surface area contributed by atoms with Gasteiger partial charge in [-0.25, -0.2) is 0 Å². The molecular formula is C18H30N2O. The summed E-state index contributed by atoms with van der Waals surface area (Å²) in [6, 6.07) is 7.02. The van der Waals surface area contributed by atoms with Crippen LogP contribution in [0.5, 0.6) is 5.75 Å². The number of rotatable bonds is 8. The van der Waals surface area contributed by atoms with Crippen molar-refractivity contribution in [1.29, 1.82) is 0 Å². The van der Waals surface area contributed by atoms with E-state index in [2.05, 4.69) is 49.2 Å². The Balaban J connectivity index is 1.89. The minimum absolute atomic E-state index is 0.456. The Kier molecular flexibility index (Phi) is 6.52. The minimum atomic E-state index is 0.456. The lowest BCUT2D eigenvalue weighted by Crippen LogP contribution is -2.31. The SMILES string of the molecule is CCc1cccc2c1OCCC2NCCCN(CC)CC. The zero-order valence-electron chi connectivity index (χ0n) is 13.8. The van der Waals surface area contributed by atoms with Crippen LogP contribution in [0.1, 0.15) is 50.8 Å². The Morgan fingerprint density at radius 2 is 2.05 bits per heavy atom. The van der Waals surface area contributed by atoms with Gasteiger partial charge >= 0.3 is 0 Å². The molecule has 3 heteroatoms. The quantitative estimate of drug-likeness (QED) is 0.743.